The number of rotatable bonds is 4. The first-order valence-corrected chi connectivity index (χ1v) is 14.7. The maximum Gasteiger partial charge on any atom is 0.348 e. The summed E-state index contributed by atoms with van der Waals surface area (Å²) >= 11 is 0. The Kier molecular flexibility index (Phi) is 7.22. The van der Waals surface area contributed by atoms with E-state index in [1.165, 1.54) is 37.3 Å². The molecular formula is C33H30O13. The fourth-order valence-corrected chi connectivity index (χ4v) is 6.47. The van der Waals surface area contributed by atoms with Crippen molar-refractivity contribution in [2.75, 3.05) is 0 Å². The van der Waals surface area contributed by atoms with Crippen molar-refractivity contribution in [3.63, 3.8) is 0 Å². The van der Waals surface area contributed by atoms with Gasteiger partial charge in [-0.25, -0.2) is 9.59 Å². The van der Waals surface area contributed by atoms with Crippen molar-refractivity contribution in [3.8, 4) is 23.8 Å². The molecule has 0 bridgehead atoms. The minimum Gasteiger partial charge on any atom is -0.506 e. The van der Waals surface area contributed by atoms with Crippen molar-refractivity contribution < 1.29 is 53.3 Å². The van der Waals surface area contributed by atoms with E-state index < -0.39 is 78.2 Å². The zero-order valence-corrected chi connectivity index (χ0v) is 24.7. The molecule has 2 aromatic heterocycles. The summed E-state index contributed by atoms with van der Waals surface area (Å²) in [6, 6.07) is 7.34. The van der Waals surface area contributed by atoms with Crippen molar-refractivity contribution in [2.24, 2.45) is 5.92 Å². The molecule has 4 unspecified atom stereocenters. The van der Waals surface area contributed by atoms with Crippen LogP contribution in [-0.2, 0) is 14.2 Å². The van der Waals surface area contributed by atoms with Gasteiger partial charge in [0.25, 0.3) is 0 Å². The van der Waals surface area contributed by atoms with E-state index in [0.717, 1.165) is 0 Å². The summed E-state index contributed by atoms with van der Waals surface area (Å²) in [7, 11) is 0. The highest BCUT2D eigenvalue weighted by molar-refractivity contribution is 6.28. The van der Waals surface area contributed by atoms with Gasteiger partial charge in [0.1, 0.15) is 40.8 Å². The number of aliphatic hydroxyl groups excluding tert-OH is 4. The SMILES string of the molecule is C#Cc1cc2oc(=O)c3c(O)c4cccc(O[C@@H]5OC(C)[C@H](O)[C@H](O)C5O[C@H]5OC(C)[C@H](O)C(C)[C@H]5O)c4c4oc(=O)c(c1)c2c34. The molecule has 0 saturated carbocycles. The maximum atomic E-state index is 13.3. The number of hydrogen-bond acceptors (Lipinski definition) is 13. The summed E-state index contributed by atoms with van der Waals surface area (Å²) in [4.78, 5) is 26.5. The largest absolute Gasteiger partial charge is 0.506 e. The zero-order valence-electron chi connectivity index (χ0n) is 24.7. The number of ether oxygens (including phenoxy) is 4. The van der Waals surface area contributed by atoms with Crippen LogP contribution in [0.4, 0.5) is 0 Å². The second-order valence-electron chi connectivity index (χ2n) is 11.9. The highest BCUT2D eigenvalue weighted by Gasteiger charge is 2.49. The highest BCUT2D eigenvalue weighted by atomic mass is 16.8. The van der Waals surface area contributed by atoms with Crippen molar-refractivity contribution in [1.82, 2.24) is 0 Å². The van der Waals surface area contributed by atoms with Crippen LogP contribution in [0.2, 0.25) is 0 Å². The molecule has 0 radical (unpaired) electrons. The lowest BCUT2D eigenvalue weighted by atomic mass is 9.91. The molecule has 5 N–H and O–H groups in total. The smallest absolute Gasteiger partial charge is 0.348 e. The predicted molar refractivity (Wildman–Crippen MR) is 162 cm³/mol. The minimum atomic E-state index is -1.58. The van der Waals surface area contributed by atoms with E-state index in [0.29, 0.717) is 0 Å². The van der Waals surface area contributed by atoms with Gasteiger partial charge in [0.05, 0.1) is 29.1 Å². The lowest BCUT2D eigenvalue weighted by Crippen LogP contribution is -2.62. The van der Waals surface area contributed by atoms with E-state index >= 15 is 0 Å². The molecule has 240 valence electrons. The lowest BCUT2D eigenvalue weighted by molar-refractivity contribution is -0.346. The third-order valence-electron chi connectivity index (χ3n) is 9.07. The Labute approximate surface area is 259 Å². The summed E-state index contributed by atoms with van der Waals surface area (Å²) in [5, 5.41) is 54.6. The van der Waals surface area contributed by atoms with Gasteiger partial charge in [0, 0.05) is 27.6 Å². The summed E-state index contributed by atoms with van der Waals surface area (Å²) in [6.07, 6.45) is -5.61. The number of benzene rings is 3. The molecule has 5 aromatic rings. The maximum absolute atomic E-state index is 13.3. The quantitative estimate of drug-likeness (QED) is 0.0829. The monoisotopic (exact) mass is 634 g/mol. The van der Waals surface area contributed by atoms with Gasteiger partial charge in [-0.2, -0.15) is 0 Å². The molecule has 2 aliphatic rings. The van der Waals surface area contributed by atoms with E-state index in [2.05, 4.69) is 5.92 Å². The van der Waals surface area contributed by atoms with Crippen LogP contribution >= 0.6 is 0 Å². The number of fused-ring (bicyclic) bond motifs is 2. The van der Waals surface area contributed by atoms with Gasteiger partial charge in [0.2, 0.25) is 6.29 Å². The third kappa shape index (κ3) is 4.45. The van der Waals surface area contributed by atoms with Crippen LogP contribution in [0.3, 0.4) is 0 Å². The molecular weight excluding hydrogens is 604 g/mol. The average Bonchev–Trinajstić information content (AvgIpc) is 3.03. The summed E-state index contributed by atoms with van der Waals surface area (Å²) < 4.78 is 35.1. The first-order valence-electron chi connectivity index (χ1n) is 14.7. The number of aromatic hydroxyl groups is 1. The molecule has 2 fully saturated rings. The number of hydrogen-bond donors (Lipinski definition) is 5. The molecule has 13 nitrogen and oxygen atoms in total. The van der Waals surface area contributed by atoms with E-state index in [1.54, 1.807) is 13.8 Å². The fourth-order valence-electron chi connectivity index (χ4n) is 6.47. The summed E-state index contributed by atoms with van der Waals surface area (Å²) in [5.41, 5.74) is -1.47. The summed E-state index contributed by atoms with van der Waals surface area (Å²) in [5.74, 6) is 1.30. The van der Waals surface area contributed by atoms with Gasteiger partial charge in [-0.3, -0.25) is 0 Å². The molecule has 4 heterocycles. The Hall–Kier alpha value is -4.26. The first kappa shape index (κ1) is 30.4. The Balaban J connectivity index is 1.40. The van der Waals surface area contributed by atoms with Crippen LogP contribution in [-0.4, -0.2) is 80.8 Å². The van der Waals surface area contributed by atoms with Crippen LogP contribution in [0.25, 0.3) is 43.5 Å². The molecule has 0 amide bonds. The van der Waals surface area contributed by atoms with Gasteiger partial charge in [-0.05, 0) is 32.0 Å². The van der Waals surface area contributed by atoms with Crippen LogP contribution in [0.5, 0.6) is 11.5 Å². The Bertz CT molecular complexity index is 2140. The molecule has 3 aromatic carbocycles. The van der Waals surface area contributed by atoms with Gasteiger partial charge in [-0.15, -0.1) is 6.42 Å². The van der Waals surface area contributed by atoms with Crippen molar-refractivity contribution in [3.05, 3.63) is 56.7 Å². The molecule has 0 spiro atoms. The van der Waals surface area contributed by atoms with E-state index in [9.17, 15) is 35.1 Å². The Morgan fingerprint density at radius 2 is 1.50 bits per heavy atom. The average molecular weight is 635 g/mol. The fraction of sp³-hybridized carbons (Fsp3) is 0.394. The number of terminal acetylenes is 1. The second-order valence-corrected chi connectivity index (χ2v) is 11.9. The lowest BCUT2D eigenvalue weighted by Gasteiger charge is -2.45. The zero-order chi connectivity index (χ0) is 32.8. The second kappa shape index (κ2) is 10.9. The normalized spacial score (nSPS) is 32.0. The number of phenols is 1. The van der Waals surface area contributed by atoms with E-state index in [1.807, 2.05) is 0 Å². The summed E-state index contributed by atoms with van der Waals surface area (Å²) in [6.45, 7) is 4.73. The van der Waals surface area contributed by atoms with Gasteiger partial charge >= 0.3 is 11.3 Å². The topological polar surface area (TPSA) is 198 Å². The van der Waals surface area contributed by atoms with E-state index in [-0.39, 0.29) is 54.8 Å². The van der Waals surface area contributed by atoms with Crippen LogP contribution in [0.15, 0.2) is 48.8 Å². The molecule has 7 rings (SSSR count). The van der Waals surface area contributed by atoms with Gasteiger partial charge < -0.3 is 53.3 Å². The molecule has 13 heteroatoms. The van der Waals surface area contributed by atoms with Gasteiger partial charge in [-0.1, -0.05) is 25.0 Å². The van der Waals surface area contributed by atoms with Crippen LogP contribution in [0.1, 0.15) is 26.3 Å². The van der Waals surface area contributed by atoms with Crippen molar-refractivity contribution in [1.29, 1.82) is 0 Å². The van der Waals surface area contributed by atoms with E-state index in [4.69, 9.17) is 34.2 Å². The predicted octanol–water partition coefficient (Wildman–Crippen LogP) is 1.66. The van der Waals surface area contributed by atoms with Crippen LogP contribution < -0.4 is 16.0 Å². The van der Waals surface area contributed by atoms with Crippen LogP contribution in [0, 0.1) is 18.3 Å². The van der Waals surface area contributed by atoms with Gasteiger partial charge in [0.15, 0.2) is 18.0 Å². The van der Waals surface area contributed by atoms with Crippen molar-refractivity contribution in [2.45, 2.75) is 76.1 Å². The molecule has 0 aliphatic carbocycles. The Morgan fingerprint density at radius 3 is 2.24 bits per heavy atom. The highest BCUT2D eigenvalue weighted by Crippen LogP contribution is 2.45. The number of aliphatic hydroxyl groups is 4. The van der Waals surface area contributed by atoms with Crippen molar-refractivity contribution >= 4 is 43.5 Å². The molecule has 10 atom stereocenters. The first-order chi connectivity index (χ1) is 21.9. The third-order valence-corrected chi connectivity index (χ3v) is 9.07. The minimum absolute atomic E-state index is 0.000699. The molecule has 46 heavy (non-hydrogen) atoms. The molecule has 2 aliphatic heterocycles. The Morgan fingerprint density at radius 1 is 0.783 bits per heavy atom. The number of phenolic OH excluding ortho intramolecular Hbond substituents is 1. The molecule has 2 saturated heterocycles. The standard InChI is InChI=1S/C33H30O13/c1-5-14-9-16-19-18(10-14)43-31(40)22-21(19)28(45-30(16)39)20-15(26(22)37)7-6-8-17(20)44-33-29(27(38)25(36)13(4)42-33)46-32-24(35)11(2)23(34)12(3)41-32/h1,6-13,23-25,27,29,32-38H,2-4H3/t11?,12?,13?,23-,24-,25+,27+,29?,32-,33+/m1/s1.